The third-order valence-electron chi connectivity index (χ3n) is 5.64. The van der Waals surface area contributed by atoms with Gasteiger partial charge in [-0.15, -0.1) is 11.8 Å². The molecular formula is C29H30Cl3FN2O2S. The number of hydrogen-bond donors (Lipinski definition) is 1. The Bertz CT molecular complexity index is 1250. The number of amides is 2. The normalized spacial score (nSPS) is 12.2. The Morgan fingerprint density at radius 1 is 0.921 bits per heavy atom. The van der Waals surface area contributed by atoms with Crippen LogP contribution in [0.5, 0.6) is 0 Å². The summed E-state index contributed by atoms with van der Waals surface area (Å²) in [7, 11) is 0. The maximum absolute atomic E-state index is 14.3. The second kappa shape index (κ2) is 13.7. The van der Waals surface area contributed by atoms with E-state index in [-0.39, 0.29) is 29.9 Å². The van der Waals surface area contributed by atoms with Crippen LogP contribution in [0.3, 0.4) is 0 Å². The van der Waals surface area contributed by atoms with Gasteiger partial charge < -0.3 is 10.2 Å². The molecule has 1 atom stereocenters. The van der Waals surface area contributed by atoms with E-state index >= 15 is 0 Å². The molecule has 38 heavy (non-hydrogen) atoms. The summed E-state index contributed by atoms with van der Waals surface area (Å²) < 4.78 is 14.3. The van der Waals surface area contributed by atoms with E-state index in [2.05, 4.69) is 5.32 Å². The number of benzene rings is 3. The monoisotopic (exact) mass is 594 g/mol. The summed E-state index contributed by atoms with van der Waals surface area (Å²) in [4.78, 5) is 28.8. The van der Waals surface area contributed by atoms with E-state index in [1.807, 2.05) is 51.1 Å². The average Bonchev–Trinajstić information content (AvgIpc) is 2.84. The predicted octanol–water partition coefficient (Wildman–Crippen LogP) is 7.57. The quantitative estimate of drug-likeness (QED) is 0.263. The van der Waals surface area contributed by atoms with Crippen molar-refractivity contribution in [3.63, 3.8) is 0 Å². The van der Waals surface area contributed by atoms with Crippen LogP contribution in [0.4, 0.5) is 4.39 Å². The van der Waals surface area contributed by atoms with Gasteiger partial charge in [-0.25, -0.2) is 4.39 Å². The lowest BCUT2D eigenvalue weighted by Gasteiger charge is -2.34. The first kappa shape index (κ1) is 30.3. The minimum Gasteiger partial charge on any atom is -0.350 e. The topological polar surface area (TPSA) is 49.4 Å². The van der Waals surface area contributed by atoms with Crippen molar-refractivity contribution < 1.29 is 14.0 Å². The molecule has 3 aromatic carbocycles. The standard InChI is InChI=1S/C29H30Cl3FN2O2S/c1-29(2,3)34-28(37)26(15-19-8-5-4-6-9-19)35(16-20-12-13-23(31)24(32)14-20)27(36)18-38-17-21-22(30)10-7-11-25(21)33/h4-14,26H,15-18H2,1-3H3,(H,34,37)/t26-/m0/s1. The summed E-state index contributed by atoms with van der Waals surface area (Å²) in [6.45, 7) is 5.82. The minimum atomic E-state index is -0.795. The van der Waals surface area contributed by atoms with Crippen molar-refractivity contribution in [1.29, 1.82) is 0 Å². The highest BCUT2D eigenvalue weighted by Crippen LogP contribution is 2.27. The number of thioether (sulfide) groups is 1. The molecule has 0 aromatic heterocycles. The summed E-state index contributed by atoms with van der Waals surface area (Å²) in [6, 6.07) is 18.4. The number of carbonyl (C=O) groups excluding carboxylic acids is 2. The fourth-order valence-corrected chi connectivity index (χ4v) is 5.40. The Morgan fingerprint density at radius 2 is 1.63 bits per heavy atom. The molecule has 0 heterocycles. The van der Waals surface area contributed by atoms with E-state index in [0.717, 1.165) is 11.1 Å². The van der Waals surface area contributed by atoms with E-state index in [1.165, 1.54) is 23.9 Å². The molecule has 0 saturated carbocycles. The van der Waals surface area contributed by atoms with Gasteiger partial charge in [-0.05, 0) is 56.2 Å². The molecule has 1 N–H and O–H groups in total. The Morgan fingerprint density at radius 3 is 2.26 bits per heavy atom. The van der Waals surface area contributed by atoms with E-state index in [4.69, 9.17) is 34.8 Å². The molecule has 2 amide bonds. The van der Waals surface area contributed by atoms with Crippen molar-refractivity contribution in [2.45, 2.75) is 51.1 Å². The molecule has 0 aliphatic rings. The molecular weight excluding hydrogens is 566 g/mol. The third-order valence-corrected chi connectivity index (χ3v) is 7.68. The van der Waals surface area contributed by atoms with Crippen LogP contribution in [-0.4, -0.2) is 34.0 Å². The number of nitrogens with one attached hydrogen (secondary N) is 1. The van der Waals surface area contributed by atoms with E-state index in [0.29, 0.717) is 27.1 Å². The molecule has 0 fully saturated rings. The zero-order chi connectivity index (χ0) is 27.9. The summed E-state index contributed by atoms with van der Waals surface area (Å²) in [5.74, 6) is -0.706. The number of halogens is 4. The molecule has 0 bridgehead atoms. The van der Waals surface area contributed by atoms with Gasteiger partial charge in [0.05, 0.1) is 15.8 Å². The SMILES string of the molecule is CC(C)(C)NC(=O)[C@H](Cc1ccccc1)N(Cc1ccc(Cl)c(Cl)c1)C(=O)CSCc1c(F)cccc1Cl. The highest BCUT2D eigenvalue weighted by Gasteiger charge is 2.32. The van der Waals surface area contributed by atoms with Crippen LogP contribution in [0.25, 0.3) is 0 Å². The zero-order valence-corrected chi connectivity index (χ0v) is 24.5. The van der Waals surface area contributed by atoms with Gasteiger partial charge in [0.1, 0.15) is 11.9 Å². The molecule has 0 aliphatic carbocycles. The highest BCUT2D eigenvalue weighted by atomic mass is 35.5. The molecule has 0 aliphatic heterocycles. The van der Waals surface area contributed by atoms with Crippen molar-refractivity contribution in [2.75, 3.05) is 5.75 Å². The van der Waals surface area contributed by atoms with Gasteiger partial charge in [-0.3, -0.25) is 9.59 Å². The van der Waals surface area contributed by atoms with Crippen LogP contribution in [0.1, 0.15) is 37.5 Å². The number of nitrogens with zero attached hydrogens (tertiary/aromatic N) is 1. The van der Waals surface area contributed by atoms with Crippen LogP contribution in [-0.2, 0) is 28.3 Å². The Kier molecular flexibility index (Phi) is 10.9. The van der Waals surface area contributed by atoms with Gasteiger partial charge in [0.25, 0.3) is 0 Å². The van der Waals surface area contributed by atoms with Gasteiger partial charge in [0.15, 0.2) is 0 Å². The molecule has 0 radical (unpaired) electrons. The second-order valence-electron chi connectivity index (χ2n) is 9.91. The largest absolute Gasteiger partial charge is 0.350 e. The fraction of sp³-hybridized carbons (Fsp3) is 0.310. The first-order valence-corrected chi connectivity index (χ1v) is 14.3. The predicted molar refractivity (Wildman–Crippen MR) is 156 cm³/mol. The summed E-state index contributed by atoms with van der Waals surface area (Å²) >= 11 is 19.8. The van der Waals surface area contributed by atoms with Gasteiger partial charge >= 0.3 is 0 Å². The molecule has 0 spiro atoms. The number of rotatable bonds is 10. The Hall–Kier alpha value is -2.25. The fourth-order valence-electron chi connectivity index (χ4n) is 3.84. The van der Waals surface area contributed by atoms with E-state index in [1.54, 1.807) is 29.2 Å². The highest BCUT2D eigenvalue weighted by molar-refractivity contribution is 7.99. The van der Waals surface area contributed by atoms with Crippen molar-refractivity contribution in [1.82, 2.24) is 10.2 Å². The summed E-state index contributed by atoms with van der Waals surface area (Å²) in [5, 5.41) is 4.09. The Labute approximate surface area is 242 Å². The molecule has 9 heteroatoms. The molecule has 202 valence electrons. The Balaban J connectivity index is 1.91. The first-order chi connectivity index (χ1) is 17.9. The maximum atomic E-state index is 14.3. The summed E-state index contributed by atoms with van der Waals surface area (Å²) in [6.07, 6.45) is 0.319. The lowest BCUT2D eigenvalue weighted by Crippen LogP contribution is -2.54. The molecule has 0 saturated heterocycles. The van der Waals surface area contributed by atoms with Crippen molar-refractivity contribution in [3.05, 3.63) is 104 Å². The molecule has 3 rings (SSSR count). The van der Waals surface area contributed by atoms with Crippen LogP contribution >= 0.6 is 46.6 Å². The molecule has 4 nitrogen and oxygen atoms in total. The van der Waals surface area contributed by atoms with Crippen molar-refractivity contribution >= 4 is 58.4 Å². The van der Waals surface area contributed by atoms with Gasteiger partial charge in [-0.2, -0.15) is 0 Å². The number of carbonyl (C=O) groups is 2. The van der Waals surface area contributed by atoms with Crippen LogP contribution in [0, 0.1) is 5.82 Å². The van der Waals surface area contributed by atoms with Gasteiger partial charge in [-0.1, -0.05) is 77.3 Å². The molecule has 3 aromatic rings. The van der Waals surface area contributed by atoms with Crippen LogP contribution in [0.15, 0.2) is 66.7 Å². The van der Waals surface area contributed by atoms with Crippen LogP contribution in [0.2, 0.25) is 15.1 Å². The van der Waals surface area contributed by atoms with Crippen molar-refractivity contribution in [3.8, 4) is 0 Å². The first-order valence-electron chi connectivity index (χ1n) is 12.0. The minimum absolute atomic E-state index is 0.0278. The maximum Gasteiger partial charge on any atom is 0.243 e. The lowest BCUT2D eigenvalue weighted by molar-refractivity contribution is -0.140. The van der Waals surface area contributed by atoms with E-state index < -0.39 is 17.4 Å². The zero-order valence-electron chi connectivity index (χ0n) is 21.4. The smallest absolute Gasteiger partial charge is 0.243 e. The summed E-state index contributed by atoms with van der Waals surface area (Å²) in [5.41, 5.74) is 1.49. The second-order valence-corrected chi connectivity index (χ2v) is 12.1. The average molecular weight is 596 g/mol. The number of hydrogen-bond acceptors (Lipinski definition) is 3. The third kappa shape index (κ3) is 8.91. The van der Waals surface area contributed by atoms with Crippen LogP contribution < -0.4 is 5.32 Å². The van der Waals surface area contributed by atoms with Gasteiger partial charge in [0.2, 0.25) is 11.8 Å². The molecule has 0 unspecified atom stereocenters. The van der Waals surface area contributed by atoms with Crippen molar-refractivity contribution in [2.24, 2.45) is 0 Å². The lowest BCUT2D eigenvalue weighted by atomic mass is 10.0. The van der Waals surface area contributed by atoms with E-state index in [9.17, 15) is 14.0 Å². The van der Waals surface area contributed by atoms with Gasteiger partial charge in [0, 0.05) is 34.8 Å².